The standard InChI is InChI=1S/C27H30N2O5/c1-2-34-24(30)16-26-12-18-11-19(13-26)15-27(14-18,17-26)21-5-7-22(8-6-21)28-25(31)20-3-9-23(10-4-20)29(32)33/h3-10,18-19H,2,11-17H2,1H3,(H,28,31). The van der Waals surface area contributed by atoms with E-state index in [4.69, 9.17) is 4.74 Å². The van der Waals surface area contributed by atoms with Gasteiger partial charge in [-0.25, -0.2) is 0 Å². The van der Waals surface area contributed by atoms with Crippen molar-refractivity contribution < 1.29 is 19.2 Å². The van der Waals surface area contributed by atoms with Gasteiger partial charge >= 0.3 is 5.97 Å². The van der Waals surface area contributed by atoms with Crippen LogP contribution in [-0.2, 0) is 14.9 Å². The molecule has 2 aromatic rings. The summed E-state index contributed by atoms with van der Waals surface area (Å²) in [5, 5.41) is 13.7. The van der Waals surface area contributed by atoms with Crippen LogP contribution in [0.15, 0.2) is 48.5 Å². The number of carbonyl (C=O) groups is 2. The highest BCUT2D eigenvalue weighted by Gasteiger charge is 2.58. The van der Waals surface area contributed by atoms with Crippen LogP contribution in [0.4, 0.5) is 11.4 Å². The summed E-state index contributed by atoms with van der Waals surface area (Å²) >= 11 is 0. The van der Waals surface area contributed by atoms with Crippen LogP contribution in [0.3, 0.4) is 0 Å². The van der Waals surface area contributed by atoms with Crippen molar-refractivity contribution in [3.8, 4) is 0 Å². The quantitative estimate of drug-likeness (QED) is 0.326. The van der Waals surface area contributed by atoms with Gasteiger partial charge in [-0.15, -0.1) is 0 Å². The van der Waals surface area contributed by atoms with Gasteiger partial charge in [-0.05, 0) is 97.9 Å². The highest BCUT2D eigenvalue weighted by molar-refractivity contribution is 6.04. The second kappa shape index (κ2) is 8.53. The number of hydrogen-bond acceptors (Lipinski definition) is 5. The molecule has 4 bridgehead atoms. The molecule has 0 aromatic heterocycles. The molecule has 0 aliphatic heterocycles. The van der Waals surface area contributed by atoms with Crippen LogP contribution in [0.25, 0.3) is 0 Å². The number of benzene rings is 2. The van der Waals surface area contributed by atoms with Gasteiger partial charge in [0.05, 0.1) is 18.0 Å². The highest BCUT2D eigenvalue weighted by atomic mass is 16.6. The first-order valence-electron chi connectivity index (χ1n) is 12.1. The fourth-order valence-corrected chi connectivity index (χ4v) is 7.36. The highest BCUT2D eigenvalue weighted by Crippen LogP contribution is 2.66. The zero-order valence-corrected chi connectivity index (χ0v) is 19.4. The van der Waals surface area contributed by atoms with E-state index in [1.54, 1.807) is 0 Å². The smallest absolute Gasteiger partial charge is 0.306 e. The lowest BCUT2D eigenvalue weighted by atomic mass is 9.42. The molecular formula is C27H30N2O5. The molecule has 1 N–H and O–H groups in total. The van der Waals surface area contributed by atoms with E-state index in [2.05, 4.69) is 17.4 Å². The molecule has 0 spiro atoms. The maximum absolute atomic E-state index is 12.6. The molecular weight excluding hydrogens is 432 g/mol. The summed E-state index contributed by atoms with van der Waals surface area (Å²) < 4.78 is 5.31. The van der Waals surface area contributed by atoms with Gasteiger partial charge in [0.15, 0.2) is 0 Å². The van der Waals surface area contributed by atoms with Gasteiger partial charge in [0, 0.05) is 23.4 Å². The van der Waals surface area contributed by atoms with E-state index in [0.717, 1.165) is 19.3 Å². The summed E-state index contributed by atoms with van der Waals surface area (Å²) in [5.74, 6) is 0.962. The van der Waals surface area contributed by atoms with Gasteiger partial charge < -0.3 is 10.1 Å². The lowest BCUT2D eigenvalue weighted by Gasteiger charge is -2.62. The number of nitrogens with zero attached hydrogens (tertiary/aromatic N) is 1. The molecule has 1 amide bonds. The van der Waals surface area contributed by atoms with Crippen LogP contribution in [0.1, 0.15) is 67.8 Å². The summed E-state index contributed by atoms with van der Waals surface area (Å²) in [6.45, 7) is 2.29. The minimum atomic E-state index is -0.484. The Bertz CT molecular complexity index is 1090. The lowest BCUT2D eigenvalue weighted by Crippen LogP contribution is -2.54. The Morgan fingerprint density at radius 1 is 1.03 bits per heavy atom. The molecule has 7 nitrogen and oxygen atoms in total. The number of carbonyl (C=O) groups excluding carboxylic acids is 2. The number of anilines is 1. The minimum absolute atomic E-state index is 0.0443. The average Bonchev–Trinajstić information content (AvgIpc) is 2.78. The van der Waals surface area contributed by atoms with E-state index in [9.17, 15) is 19.7 Å². The molecule has 0 saturated heterocycles. The summed E-state index contributed by atoms with van der Waals surface area (Å²) in [6, 6.07) is 13.7. The van der Waals surface area contributed by atoms with E-state index in [1.165, 1.54) is 49.1 Å². The Hall–Kier alpha value is -3.22. The van der Waals surface area contributed by atoms with Crippen LogP contribution >= 0.6 is 0 Å². The zero-order valence-electron chi connectivity index (χ0n) is 19.4. The van der Waals surface area contributed by atoms with Crippen LogP contribution < -0.4 is 5.32 Å². The van der Waals surface area contributed by atoms with Gasteiger partial charge in [0.1, 0.15) is 0 Å². The summed E-state index contributed by atoms with van der Waals surface area (Å²) in [4.78, 5) is 35.3. The summed E-state index contributed by atoms with van der Waals surface area (Å²) in [5.41, 5.74) is 2.46. The first kappa shape index (κ1) is 22.6. The van der Waals surface area contributed by atoms with Crippen molar-refractivity contribution in [2.24, 2.45) is 17.3 Å². The van der Waals surface area contributed by atoms with Crippen molar-refractivity contribution >= 4 is 23.3 Å². The van der Waals surface area contributed by atoms with Crippen LogP contribution in [0.2, 0.25) is 0 Å². The first-order valence-corrected chi connectivity index (χ1v) is 12.1. The number of esters is 1. The largest absolute Gasteiger partial charge is 0.466 e. The van der Waals surface area contributed by atoms with Gasteiger partial charge in [0.25, 0.3) is 11.6 Å². The van der Waals surface area contributed by atoms with Gasteiger partial charge in [0.2, 0.25) is 0 Å². The topological polar surface area (TPSA) is 98.5 Å². The Morgan fingerprint density at radius 3 is 2.26 bits per heavy atom. The molecule has 7 heteroatoms. The fraction of sp³-hybridized carbons (Fsp3) is 0.481. The molecule has 2 unspecified atom stereocenters. The van der Waals surface area contributed by atoms with Crippen molar-refractivity contribution in [3.05, 3.63) is 69.8 Å². The molecule has 4 fully saturated rings. The van der Waals surface area contributed by atoms with Crippen molar-refractivity contribution in [2.75, 3.05) is 11.9 Å². The molecule has 178 valence electrons. The second-order valence-corrected chi connectivity index (χ2v) is 10.6. The molecule has 4 saturated carbocycles. The molecule has 2 aromatic carbocycles. The number of hydrogen-bond donors (Lipinski definition) is 1. The number of nitro benzene ring substituents is 1. The van der Waals surface area contributed by atoms with Crippen LogP contribution in [0.5, 0.6) is 0 Å². The number of nitro groups is 1. The maximum atomic E-state index is 12.6. The van der Waals surface area contributed by atoms with Crippen molar-refractivity contribution in [2.45, 2.75) is 57.3 Å². The number of ether oxygens (including phenoxy) is 1. The number of rotatable bonds is 7. The van der Waals surface area contributed by atoms with E-state index >= 15 is 0 Å². The van der Waals surface area contributed by atoms with Gasteiger partial charge in [-0.3, -0.25) is 19.7 Å². The Morgan fingerprint density at radius 2 is 1.68 bits per heavy atom. The lowest BCUT2D eigenvalue weighted by molar-refractivity contribution is -0.384. The normalized spacial score (nSPS) is 29.0. The van der Waals surface area contributed by atoms with E-state index < -0.39 is 4.92 Å². The second-order valence-electron chi connectivity index (χ2n) is 10.6. The summed E-state index contributed by atoms with van der Waals surface area (Å²) in [7, 11) is 0. The predicted octanol–water partition coefficient (Wildman–Crippen LogP) is 5.64. The third kappa shape index (κ3) is 4.19. The van der Waals surface area contributed by atoms with E-state index in [-0.39, 0.29) is 28.4 Å². The van der Waals surface area contributed by atoms with Crippen molar-refractivity contribution in [1.82, 2.24) is 0 Å². The Balaban J connectivity index is 1.31. The number of non-ortho nitro benzene ring substituents is 1. The molecule has 2 atom stereocenters. The molecule has 34 heavy (non-hydrogen) atoms. The SMILES string of the molecule is CCOC(=O)CC12CC3CC(C1)CC(c1ccc(NC(=O)c4ccc([N+](=O)[O-])cc4)cc1)(C3)C2. The van der Waals surface area contributed by atoms with Gasteiger partial charge in [-0.1, -0.05) is 12.1 Å². The first-order chi connectivity index (χ1) is 16.3. The molecule has 4 aliphatic carbocycles. The minimum Gasteiger partial charge on any atom is -0.466 e. The zero-order chi connectivity index (χ0) is 23.9. The third-order valence-corrected chi connectivity index (χ3v) is 8.10. The summed E-state index contributed by atoms with van der Waals surface area (Å²) in [6.07, 6.45) is 7.43. The van der Waals surface area contributed by atoms with Crippen LogP contribution in [0, 0.1) is 27.4 Å². The van der Waals surface area contributed by atoms with Crippen molar-refractivity contribution in [1.29, 1.82) is 0 Å². The van der Waals surface area contributed by atoms with Crippen molar-refractivity contribution in [3.63, 3.8) is 0 Å². The third-order valence-electron chi connectivity index (χ3n) is 8.10. The predicted molar refractivity (Wildman–Crippen MR) is 128 cm³/mol. The van der Waals surface area contributed by atoms with E-state index in [0.29, 0.717) is 36.1 Å². The molecule has 6 rings (SSSR count). The number of amides is 1. The average molecular weight is 463 g/mol. The number of nitrogens with one attached hydrogen (secondary N) is 1. The Kier molecular flexibility index (Phi) is 5.66. The maximum Gasteiger partial charge on any atom is 0.306 e. The van der Waals surface area contributed by atoms with Crippen LogP contribution in [-0.4, -0.2) is 23.4 Å². The fourth-order valence-electron chi connectivity index (χ4n) is 7.36. The monoisotopic (exact) mass is 462 g/mol. The molecule has 0 radical (unpaired) electrons. The van der Waals surface area contributed by atoms with Gasteiger partial charge in [-0.2, -0.15) is 0 Å². The van der Waals surface area contributed by atoms with E-state index in [1.807, 2.05) is 19.1 Å². The Labute approximate surface area is 199 Å². The molecule has 4 aliphatic rings. The molecule has 0 heterocycles.